The van der Waals surface area contributed by atoms with Crippen LogP contribution in [0.3, 0.4) is 0 Å². The first-order valence-electron chi connectivity index (χ1n) is 8.89. The maximum Gasteiger partial charge on any atom is 0.228 e. The Morgan fingerprint density at radius 1 is 1.32 bits per heavy atom. The quantitative estimate of drug-likeness (QED) is 0.850. The molecule has 1 aromatic heterocycles. The van der Waals surface area contributed by atoms with Crippen molar-refractivity contribution in [2.24, 2.45) is 0 Å². The maximum absolute atomic E-state index is 12.5. The van der Waals surface area contributed by atoms with E-state index in [9.17, 15) is 4.79 Å². The van der Waals surface area contributed by atoms with E-state index >= 15 is 0 Å². The van der Waals surface area contributed by atoms with Gasteiger partial charge in [-0.25, -0.2) is 4.98 Å². The average Bonchev–Trinajstić information content (AvgIpc) is 3.22. The Morgan fingerprint density at radius 3 is 2.88 bits per heavy atom. The van der Waals surface area contributed by atoms with Crippen LogP contribution in [0.2, 0.25) is 0 Å². The largest absolute Gasteiger partial charge is 0.312 e. The zero-order valence-corrected chi connectivity index (χ0v) is 15.9. The zero-order valence-electron chi connectivity index (χ0n) is 14.2. The van der Waals surface area contributed by atoms with Crippen LogP contribution < -0.4 is 10.6 Å². The molecule has 1 saturated heterocycles. The van der Waals surface area contributed by atoms with Gasteiger partial charge in [0.2, 0.25) is 11.9 Å². The molecule has 0 radical (unpaired) electrons. The third-order valence-electron chi connectivity index (χ3n) is 4.97. The molecule has 1 amide bonds. The predicted molar refractivity (Wildman–Crippen MR) is 107 cm³/mol. The van der Waals surface area contributed by atoms with Crippen LogP contribution in [0.4, 0.5) is 5.95 Å². The molecule has 2 heterocycles. The Bertz CT molecular complexity index is 723. The summed E-state index contributed by atoms with van der Waals surface area (Å²) in [6.07, 6.45) is 5.37. The highest BCUT2D eigenvalue weighted by Gasteiger charge is 2.24. The minimum Gasteiger partial charge on any atom is -0.312 e. The predicted octanol–water partition coefficient (Wildman–Crippen LogP) is 3.61. The Labute approximate surface area is 158 Å². The van der Waals surface area contributed by atoms with Crippen LogP contribution in [0.5, 0.6) is 0 Å². The number of carbonyl (C=O) groups excluding carboxylic acids is 1. The van der Waals surface area contributed by atoms with E-state index in [2.05, 4.69) is 21.3 Å². The van der Waals surface area contributed by atoms with E-state index in [-0.39, 0.29) is 24.4 Å². The minimum atomic E-state index is 0. The lowest BCUT2D eigenvalue weighted by Gasteiger charge is -2.23. The van der Waals surface area contributed by atoms with Gasteiger partial charge in [0.05, 0.1) is 11.0 Å². The highest BCUT2D eigenvalue weighted by molar-refractivity contribution is 7.99. The molecular weight excluding hydrogens is 356 g/mol. The molecule has 2 aliphatic rings. The number of hydrogen-bond acceptors (Lipinski definition) is 4. The number of para-hydroxylation sites is 2. The van der Waals surface area contributed by atoms with E-state index in [0.29, 0.717) is 12.5 Å². The summed E-state index contributed by atoms with van der Waals surface area (Å²) in [4.78, 5) is 17.2. The van der Waals surface area contributed by atoms with Gasteiger partial charge in [-0.2, -0.15) is 11.8 Å². The molecule has 1 aromatic carbocycles. The molecule has 7 heteroatoms. The second kappa shape index (κ2) is 8.43. The summed E-state index contributed by atoms with van der Waals surface area (Å²) in [5.74, 6) is 2.92. The van der Waals surface area contributed by atoms with Gasteiger partial charge in [0.25, 0.3) is 0 Å². The van der Waals surface area contributed by atoms with Crippen LogP contribution in [-0.4, -0.2) is 39.6 Å². The average molecular weight is 381 g/mol. The Hall–Kier alpha value is -1.24. The van der Waals surface area contributed by atoms with Gasteiger partial charge in [0.1, 0.15) is 0 Å². The Kier molecular flexibility index (Phi) is 6.25. The molecule has 1 aliphatic heterocycles. The van der Waals surface area contributed by atoms with Crippen molar-refractivity contribution in [3.05, 3.63) is 24.3 Å². The fourth-order valence-corrected chi connectivity index (χ4v) is 4.76. The first-order chi connectivity index (χ1) is 11.8. The fraction of sp³-hybridized carbons (Fsp3) is 0.556. The highest BCUT2D eigenvalue weighted by Crippen LogP contribution is 2.35. The third-order valence-corrected chi connectivity index (χ3v) is 6.10. The van der Waals surface area contributed by atoms with Gasteiger partial charge < -0.3 is 9.88 Å². The smallest absolute Gasteiger partial charge is 0.228 e. The minimum absolute atomic E-state index is 0. The molecule has 4 rings (SSSR count). The molecule has 1 unspecified atom stereocenters. The van der Waals surface area contributed by atoms with E-state index in [1.807, 2.05) is 30.0 Å². The van der Waals surface area contributed by atoms with Crippen LogP contribution in [0, 0.1) is 0 Å². The summed E-state index contributed by atoms with van der Waals surface area (Å²) in [6, 6.07) is 8.91. The van der Waals surface area contributed by atoms with Gasteiger partial charge in [-0.3, -0.25) is 10.1 Å². The molecule has 5 nitrogen and oxygen atoms in total. The molecule has 1 atom stereocenters. The van der Waals surface area contributed by atoms with Gasteiger partial charge in [0.15, 0.2) is 0 Å². The molecule has 1 aliphatic carbocycles. The lowest BCUT2D eigenvalue weighted by atomic mass is 10.2. The number of carbonyl (C=O) groups is 1. The summed E-state index contributed by atoms with van der Waals surface area (Å²) in [5, 5.41) is 6.51. The lowest BCUT2D eigenvalue weighted by molar-refractivity contribution is -0.116. The monoisotopic (exact) mass is 380 g/mol. The van der Waals surface area contributed by atoms with E-state index in [4.69, 9.17) is 4.98 Å². The number of thioether (sulfide) groups is 1. The standard InChI is InChI=1S/C18H24N4OS.ClH/c23-17(11-13-12-24-10-9-19-13)21-18-20-15-7-3-4-8-16(15)22(18)14-5-1-2-6-14;/h3-4,7-8,13-14,19H,1-2,5-6,9-12H2,(H,20,21,23);1H. The van der Waals surface area contributed by atoms with Gasteiger partial charge in [-0.15, -0.1) is 12.4 Å². The number of benzene rings is 1. The molecule has 0 spiro atoms. The number of imidazole rings is 1. The van der Waals surface area contributed by atoms with Crippen LogP contribution >= 0.6 is 24.2 Å². The first-order valence-corrected chi connectivity index (χ1v) is 10.0. The summed E-state index contributed by atoms with van der Waals surface area (Å²) in [5.41, 5.74) is 2.09. The lowest BCUT2D eigenvalue weighted by Crippen LogP contribution is -2.40. The highest BCUT2D eigenvalue weighted by atomic mass is 35.5. The second-order valence-corrected chi connectivity index (χ2v) is 7.86. The van der Waals surface area contributed by atoms with Crippen LogP contribution in [0.1, 0.15) is 38.1 Å². The van der Waals surface area contributed by atoms with E-state index in [0.717, 1.165) is 35.0 Å². The van der Waals surface area contributed by atoms with Crippen molar-refractivity contribution >= 4 is 47.1 Å². The number of hydrogen-bond donors (Lipinski definition) is 2. The Balaban J connectivity index is 0.00000182. The van der Waals surface area contributed by atoms with Crippen molar-refractivity contribution < 1.29 is 4.79 Å². The number of halogens is 1. The molecule has 2 fully saturated rings. The van der Waals surface area contributed by atoms with Crippen molar-refractivity contribution in [1.29, 1.82) is 0 Å². The molecule has 1 saturated carbocycles. The van der Waals surface area contributed by atoms with Crippen LogP contribution in [0.15, 0.2) is 24.3 Å². The van der Waals surface area contributed by atoms with Gasteiger partial charge in [-0.1, -0.05) is 25.0 Å². The number of aromatic nitrogens is 2. The van der Waals surface area contributed by atoms with Crippen molar-refractivity contribution in [2.45, 2.75) is 44.2 Å². The molecule has 2 aromatic rings. The maximum atomic E-state index is 12.5. The van der Waals surface area contributed by atoms with Crippen LogP contribution in [0.25, 0.3) is 11.0 Å². The van der Waals surface area contributed by atoms with Crippen LogP contribution in [-0.2, 0) is 4.79 Å². The molecule has 2 N–H and O–H groups in total. The topological polar surface area (TPSA) is 59.0 Å². The number of rotatable bonds is 4. The number of amides is 1. The number of anilines is 1. The van der Waals surface area contributed by atoms with Gasteiger partial charge in [-0.05, 0) is 25.0 Å². The molecule has 136 valence electrons. The summed E-state index contributed by atoms with van der Waals surface area (Å²) < 4.78 is 2.25. The third kappa shape index (κ3) is 4.13. The van der Waals surface area contributed by atoms with Crippen molar-refractivity contribution in [2.75, 3.05) is 23.4 Å². The molecule has 25 heavy (non-hydrogen) atoms. The SMILES string of the molecule is Cl.O=C(CC1CSCCN1)Nc1nc2ccccc2n1C1CCCC1. The molecular formula is C18H25ClN4OS. The Morgan fingerprint density at radius 2 is 2.12 bits per heavy atom. The zero-order chi connectivity index (χ0) is 16.4. The normalized spacial score (nSPS) is 21.2. The van der Waals surface area contributed by atoms with Gasteiger partial charge in [0, 0.05) is 36.6 Å². The summed E-state index contributed by atoms with van der Waals surface area (Å²) >= 11 is 1.92. The van der Waals surface area contributed by atoms with E-state index in [1.54, 1.807) is 0 Å². The number of nitrogens with one attached hydrogen (secondary N) is 2. The number of fused-ring (bicyclic) bond motifs is 1. The van der Waals surface area contributed by atoms with E-state index < -0.39 is 0 Å². The van der Waals surface area contributed by atoms with Crippen molar-refractivity contribution in [3.63, 3.8) is 0 Å². The summed E-state index contributed by atoms with van der Waals surface area (Å²) in [6.45, 7) is 0.989. The number of nitrogens with zero attached hydrogens (tertiary/aromatic N) is 2. The summed E-state index contributed by atoms with van der Waals surface area (Å²) in [7, 11) is 0. The van der Waals surface area contributed by atoms with Gasteiger partial charge >= 0.3 is 0 Å². The first kappa shape index (κ1) is 18.5. The fourth-order valence-electron chi connectivity index (χ4n) is 3.82. The second-order valence-electron chi connectivity index (χ2n) is 6.71. The van der Waals surface area contributed by atoms with Crippen molar-refractivity contribution in [1.82, 2.24) is 14.9 Å². The van der Waals surface area contributed by atoms with Crippen molar-refractivity contribution in [3.8, 4) is 0 Å². The molecule has 0 bridgehead atoms. The van der Waals surface area contributed by atoms with E-state index in [1.165, 1.54) is 25.7 Å².